The van der Waals surface area contributed by atoms with E-state index in [1.807, 2.05) is 37.3 Å². The van der Waals surface area contributed by atoms with E-state index in [1.54, 1.807) is 9.58 Å². The number of fused-ring (bicyclic) bond motifs is 1. The molecule has 0 saturated carbocycles. The molecule has 1 aromatic carbocycles. The van der Waals surface area contributed by atoms with Gasteiger partial charge in [-0.3, -0.25) is 4.79 Å². The molecule has 0 unspecified atom stereocenters. The number of hydrogen-bond acceptors (Lipinski definition) is 5. The highest BCUT2D eigenvalue weighted by molar-refractivity contribution is 7.88. The zero-order valence-corrected chi connectivity index (χ0v) is 18.5. The normalized spacial score (nSPS) is 16.3. The van der Waals surface area contributed by atoms with Gasteiger partial charge < -0.3 is 4.90 Å². The Kier molecular flexibility index (Phi) is 5.41. The largest absolute Gasteiger partial charge is 0.337 e. The van der Waals surface area contributed by atoms with Crippen molar-refractivity contribution in [1.29, 1.82) is 0 Å². The first kappa shape index (κ1) is 20.3. The number of halogens is 1. The zero-order chi connectivity index (χ0) is 20.8. The van der Waals surface area contributed by atoms with E-state index in [1.165, 1.54) is 21.9 Å². The Balaban J connectivity index is 1.64. The number of rotatable bonds is 3. The van der Waals surface area contributed by atoms with E-state index in [9.17, 15) is 13.2 Å². The number of aromatic nitrogens is 2. The van der Waals surface area contributed by atoms with Crippen LogP contribution in [0.3, 0.4) is 0 Å². The highest BCUT2D eigenvalue weighted by Crippen LogP contribution is 2.33. The first-order chi connectivity index (χ1) is 13.8. The Hall–Kier alpha value is -1.94. The van der Waals surface area contributed by atoms with E-state index >= 15 is 0 Å². The summed E-state index contributed by atoms with van der Waals surface area (Å²) in [6, 6.07) is 9.34. The van der Waals surface area contributed by atoms with Crippen LogP contribution >= 0.6 is 22.9 Å². The van der Waals surface area contributed by atoms with Crippen LogP contribution in [0, 0.1) is 6.92 Å². The van der Waals surface area contributed by atoms with Gasteiger partial charge in [0, 0.05) is 31.6 Å². The molecular weight excluding hydrogens is 432 g/mol. The Labute approximate surface area is 178 Å². The molecule has 2 aromatic heterocycles. The quantitative estimate of drug-likeness (QED) is 0.611. The fourth-order valence-electron chi connectivity index (χ4n) is 3.52. The average Bonchev–Trinajstić information content (AvgIpc) is 3.11. The third-order valence-corrected chi connectivity index (χ3v) is 7.77. The van der Waals surface area contributed by atoms with Gasteiger partial charge >= 0.3 is 0 Å². The maximum absolute atomic E-state index is 13.1. The number of benzene rings is 1. The van der Waals surface area contributed by atoms with Crippen molar-refractivity contribution in [3.63, 3.8) is 0 Å². The van der Waals surface area contributed by atoms with Crippen molar-refractivity contribution < 1.29 is 13.2 Å². The first-order valence-electron chi connectivity index (χ1n) is 9.24. The lowest BCUT2D eigenvalue weighted by atomic mass is 10.3. The minimum absolute atomic E-state index is 0.0772. The molecule has 0 atom stereocenters. The van der Waals surface area contributed by atoms with Crippen molar-refractivity contribution in [2.75, 3.05) is 32.4 Å². The predicted molar refractivity (Wildman–Crippen MR) is 116 cm³/mol. The first-order valence-corrected chi connectivity index (χ1v) is 12.3. The maximum Gasteiger partial charge on any atom is 0.264 e. The second-order valence-corrected chi connectivity index (χ2v) is 10.5. The number of hydrogen-bond donors (Lipinski definition) is 0. The van der Waals surface area contributed by atoms with Crippen LogP contribution in [0.5, 0.6) is 0 Å². The summed E-state index contributed by atoms with van der Waals surface area (Å²) in [4.78, 5) is 16.3. The molecule has 3 aromatic rings. The van der Waals surface area contributed by atoms with Crippen molar-refractivity contribution in [2.45, 2.75) is 13.3 Å². The third kappa shape index (κ3) is 3.92. The molecule has 10 heteroatoms. The van der Waals surface area contributed by atoms with E-state index < -0.39 is 10.0 Å². The lowest BCUT2D eigenvalue weighted by molar-refractivity contribution is 0.0769. The highest BCUT2D eigenvalue weighted by atomic mass is 35.5. The number of para-hydroxylation sites is 1. The number of carbonyl (C=O) groups is 1. The van der Waals surface area contributed by atoms with Crippen LogP contribution in [0.25, 0.3) is 15.9 Å². The Morgan fingerprint density at radius 1 is 1.17 bits per heavy atom. The summed E-state index contributed by atoms with van der Waals surface area (Å²) in [6.45, 7) is 3.59. The zero-order valence-electron chi connectivity index (χ0n) is 16.1. The van der Waals surface area contributed by atoms with Gasteiger partial charge in [0.2, 0.25) is 10.0 Å². The molecule has 1 aliphatic rings. The van der Waals surface area contributed by atoms with Crippen molar-refractivity contribution in [3.05, 3.63) is 45.9 Å². The molecule has 1 fully saturated rings. The van der Waals surface area contributed by atoms with Crippen molar-refractivity contribution in [3.8, 4) is 5.69 Å². The summed E-state index contributed by atoms with van der Waals surface area (Å²) in [7, 11) is -3.25. The van der Waals surface area contributed by atoms with Gasteiger partial charge in [-0.05, 0) is 31.5 Å². The SMILES string of the molecule is Cc1nn(-c2ccccc2Cl)c2sc(C(=O)N3CCCN(S(C)(=O)=O)CC3)cc12. The number of sulfonamides is 1. The van der Waals surface area contributed by atoms with Gasteiger partial charge in [0.1, 0.15) is 4.83 Å². The molecule has 0 bridgehead atoms. The Bertz CT molecular complexity index is 1190. The Morgan fingerprint density at radius 2 is 1.93 bits per heavy atom. The van der Waals surface area contributed by atoms with Gasteiger partial charge in [-0.2, -0.15) is 5.10 Å². The van der Waals surface area contributed by atoms with Crippen LogP contribution in [0.2, 0.25) is 5.02 Å². The summed E-state index contributed by atoms with van der Waals surface area (Å²) in [5, 5.41) is 6.10. The van der Waals surface area contributed by atoms with Gasteiger partial charge in [0.05, 0.1) is 27.5 Å². The minimum Gasteiger partial charge on any atom is -0.337 e. The molecule has 1 aliphatic heterocycles. The molecule has 3 heterocycles. The number of nitrogens with zero attached hydrogens (tertiary/aromatic N) is 4. The molecule has 1 amide bonds. The molecular formula is C19H21ClN4O3S2. The smallest absolute Gasteiger partial charge is 0.264 e. The predicted octanol–water partition coefficient (Wildman–Crippen LogP) is 3.16. The van der Waals surface area contributed by atoms with Crippen LogP contribution < -0.4 is 0 Å². The molecule has 4 rings (SSSR count). The van der Waals surface area contributed by atoms with Gasteiger partial charge in [-0.15, -0.1) is 11.3 Å². The van der Waals surface area contributed by atoms with E-state index in [2.05, 4.69) is 5.10 Å². The number of carbonyl (C=O) groups excluding carboxylic acids is 1. The monoisotopic (exact) mass is 452 g/mol. The van der Waals surface area contributed by atoms with E-state index in [4.69, 9.17) is 11.6 Å². The van der Waals surface area contributed by atoms with Crippen molar-refractivity contribution in [1.82, 2.24) is 19.0 Å². The Morgan fingerprint density at radius 3 is 2.66 bits per heavy atom. The lowest BCUT2D eigenvalue weighted by Crippen LogP contribution is -2.36. The van der Waals surface area contributed by atoms with E-state index in [0.717, 1.165) is 21.6 Å². The summed E-state index contributed by atoms with van der Waals surface area (Å²) < 4.78 is 26.8. The molecule has 154 valence electrons. The fraction of sp³-hybridized carbons (Fsp3) is 0.368. The number of amides is 1. The highest BCUT2D eigenvalue weighted by Gasteiger charge is 2.26. The summed E-state index contributed by atoms with van der Waals surface area (Å²) in [5.74, 6) is -0.0772. The summed E-state index contributed by atoms with van der Waals surface area (Å²) in [5.41, 5.74) is 1.60. The van der Waals surface area contributed by atoms with E-state index in [0.29, 0.717) is 42.5 Å². The van der Waals surface area contributed by atoms with Crippen LogP contribution in [0.15, 0.2) is 30.3 Å². The number of aryl methyl sites for hydroxylation is 1. The maximum atomic E-state index is 13.1. The van der Waals surface area contributed by atoms with Crippen molar-refractivity contribution >= 4 is 49.1 Å². The standard InChI is InChI=1S/C19H21ClN4O3S2/c1-13-14-12-17(18(25)22-8-5-9-23(11-10-22)29(2,26)27)28-19(14)24(21-13)16-7-4-3-6-15(16)20/h3-4,6-7,12H,5,8-11H2,1-2H3. The van der Waals surface area contributed by atoms with Crippen LogP contribution in [0.4, 0.5) is 0 Å². The minimum atomic E-state index is -3.25. The molecule has 1 saturated heterocycles. The second-order valence-electron chi connectivity index (χ2n) is 7.09. The molecule has 0 radical (unpaired) electrons. The lowest BCUT2D eigenvalue weighted by Gasteiger charge is -2.20. The summed E-state index contributed by atoms with van der Waals surface area (Å²) in [6.07, 6.45) is 1.83. The molecule has 29 heavy (non-hydrogen) atoms. The number of thiophene rings is 1. The summed E-state index contributed by atoms with van der Waals surface area (Å²) >= 11 is 7.72. The second kappa shape index (κ2) is 7.71. The topological polar surface area (TPSA) is 75.5 Å². The average molecular weight is 453 g/mol. The fourth-order valence-corrected chi connectivity index (χ4v) is 5.76. The third-order valence-electron chi connectivity index (χ3n) is 5.05. The molecule has 0 spiro atoms. The van der Waals surface area contributed by atoms with Crippen LogP contribution in [-0.4, -0.2) is 65.7 Å². The van der Waals surface area contributed by atoms with E-state index in [-0.39, 0.29) is 5.91 Å². The molecule has 7 nitrogen and oxygen atoms in total. The molecule has 0 aliphatic carbocycles. The van der Waals surface area contributed by atoms with Crippen molar-refractivity contribution in [2.24, 2.45) is 0 Å². The molecule has 0 N–H and O–H groups in total. The van der Waals surface area contributed by atoms with Gasteiger partial charge in [0.15, 0.2) is 0 Å². The van der Waals surface area contributed by atoms with Gasteiger partial charge in [-0.1, -0.05) is 23.7 Å². The van der Waals surface area contributed by atoms with Crippen LogP contribution in [0.1, 0.15) is 21.8 Å². The van der Waals surface area contributed by atoms with Gasteiger partial charge in [-0.25, -0.2) is 17.4 Å². The van der Waals surface area contributed by atoms with Gasteiger partial charge in [0.25, 0.3) is 5.91 Å². The van der Waals surface area contributed by atoms with Crippen LogP contribution in [-0.2, 0) is 10.0 Å².